The quantitative estimate of drug-likeness (QED) is 0.382. The minimum atomic E-state index is -3.42. The first-order chi connectivity index (χ1) is 13.5. The zero-order valence-corrected chi connectivity index (χ0v) is 18.0. The van der Waals surface area contributed by atoms with Crippen molar-refractivity contribution >= 4 is 13.8 Å². The number of carboxylic acid groups (broad SMARTS) is 1. The highest BCUT2D eigenvalue weighted by atomic mass is 31.2. The summed E-state index contributed by atoms with van der Waals surface area (Å²) in [5.74, 6) is -0.981. The average molecular weight is 416 g/mol. The van der Waals surface area contributed by atoms with Crippen LogP contribution in [0.3, 0.4) is 0 Å². The highest BCUT2D eigenvalue weighted by Crippen LogP contribution is 2.56. The topological polar surface area (TPSA) is 82.1 Å². The van der Waals surface area contributed by atoms with Crippen LogP contribution in [0.1, 0.15) is 96.3 Å². The molecule has 0 bridgehead atoms. The lowest BCUT2D eigenvalue weighted by molar-refractivity contribution is -0.131. The Balaban J connectivity index is 0.000000500. The van der Waals surface area contributed by atoms with Gasteiger partial charge in [-0.3, -0.25) is 13.6 Å². The first-order valence-corrected chi connectivity index (χ1v) is 12.5. The van der Waals surface area contributed by atoms with Crippen molar-refractivity contribution in [1.82, 2.24) is 0 Å². The van der Waals surface area contributed by atoms with Gasteiger partial charge < -0.3 is 5.11 Å². The highest BCUT2D eigenvalue weighted by molar-refractivity contribution is 7.48. The van der Waals surface area contributed by atoms with Gasteiger partial charge in [0, 0.05) is 6.08 Å². The normalized spacial score (nSPS) is 22.9. The van der Waals surface area contributed by atoms with E-state index in [2.05, 4.69) is 6.58 Å². The number of carbonyl (C=O) groups is 1. The van der Waals surface area contributed by atoms with E-state index in [4.69, 9.17) is 18.7 Å². The summed E-state index contributed by atoms with van der Waals surface area (Å²) in [6.45, 7) is 2.96. The van der Waals surface area contributed by atoms with Crippen LogP contribution in [0.5, 0.6) is 0 Å². The van der Waals surface area contributed by atoms with Gasteiger partial charge in [0.05, 0.1) is 18.3 Å². The number of phosphoric acid groups is 1. The van der Waals surface area contributed by atoms with E-state index in [1.165, 1.54) is 19.3 Å². The molecule has 3 saturated carbocycles. The van der Waals surface area contributed by atoms with Gasteiger partial charge in [0.1, 0.15) is 0 Å². The summed E-state index contributed by atoms with van der Waals surface area (Å²) in [6.07, 6.45) is 17.7. The molecule has 0 atom stereocenters. The van der Waals surface area contributed by atoms with Crippen LogP contribution in [0, 0.1) is 0 Å². The molecule has 6 nitrogen and oxygen atoms in total. The Hall–Kier alpha value is -0.680. The molecule has 0 unspecified atom stereocenters. The van der Waals surface area contributed by atoms with Crippen LogP contribution in [0.25, 0.3) is 0 Å². The summed E-state index contributed by atoms with van der Waals surface area (Å²) in [7, 11) is -3.42. The summed E-state index contributed by atoms with van der Waals surface area (Å²) in [5, 5.41) is 7.60. The lowest BCUT2D eigenvalue weighted by Crippen LogP contribution is -2.24. The van der Waals surface area contributed by atoms with Gasteiger partial charge in [0.25, 0.3) is 0 Å². The molecule has 1 N–H and O–H groups in total. The molecule has 0 saturated heterocycles. The molecule has 0 aromatic rings. The molecule has 162 valence electrons. The van der Waals surface area contributed by atoms with E-state index in [0.717, 1.165) is 83.1 Å². The standard InChI is InChI=1S/C18H33O4P.C3H4O2/c19-23(20-16-10-4-1-5-11-16,21-17-12-6-2-7-13-17)22-18-14-8-3-9-15-18;1-2-3(4)5/h16-18H,1-15H2;2H,1H2,(H,4,5). The predicted octanol–water partition coefficient (Wildman–Crippen LogP) is 6.40. The van der Waals surface area contributed by atoms with Gasteiger partial charge in [-0.2, -0.15) is 0 Å². The fourth-order valence-electron chi connectivity index (χ4n) is 4.13. The number of rotatable bonds is 7. The van der Waals surface area contributed by atoms with Crippen LogP contribution in [0.4, 0.5) is 0 Å². The van der Waals surface area contributed by atoms with Crippen molar-refractivity contribution in [3.63, 3.8) is 0 Å². The van der Waals surface area contributed by atoms with E-state index in [1.54, 1.807) is 0 Å². The lowest BCUT2D eigenvalue weighted by atomic mass is 9.98. The van der Waals surface area contributed by atoms with E-state index in [-0.39, 0.29) is 18.3 Å². The summed E-state index contributed by atoms with van der Waals surface area (Å²) >= 11 is 0. The van der Waals surface area contributed by atoms with Crippen molar-refractivity contribution in [1.29, 1.82) is 0 Å². The molecular weight excluding hydrogens is 379 g/mol. The number of carboxylic acids is 1. The van der Waals surface area contributed by atoms with Crippen LogP contribution >= 0.6 is 7.82 Å². The van der Waals surface area contributed by atoms with Crippen molar-refractivity contribution in [2.75, 3.05) is 0 Å². The van der Waals surface area contributed by atoms with E-state index in [0.29, 0.717) is 0 Å². The molecule has 0 radical (unpaired) electrons. The molecular formula is C21H37O6P. The summed E-state index contributed by atoms with van der Waals surface area (Å²) in [6, 6.07) is 0. The molecule has 0 heterocycles. The van der Waals surface area contributed by atoms with Gasteiger partial charge in [0.2, 0.25) is 0 Å². The van der Waals surface area contributed by atoms with Crippen molar-refractivity contribution < 1.29 is 28.0 Å². The summed E-state index contributed by atoms with van der Waals surface area (Å²) in [4.78, 5) is 9.25. The molecule has 0 aromatic carbocycles. The average Bonchev–Trinajstić information content (AvgIpc) is 2.70. The Labute approximate surface area is 169 Å². The van der Waals surface area contributed by atoms with Crippen molar-refractivity contribution in [2.24, 2.45) is 0 Å². The fraction of sp³-hybridized carbons (Fsp3) is 0.857. The molecule has 3 fully saturated rings. The largest absolute Gasteiger partial charge is 0.478 e. The van der Waals surface area contributed by atoms with Gasteiger partial charge in [-0.15, -0.1) is 0 Å². The van der Waals surface area contributed by atoms with E-state index in [9.17, 15) is 9.36 Å². The minimum Gasteiger partial charge on any atom is -0.478 e. The van der Waals surface area contributed by atoms with Crippen molar-refractivity contribution in [2.45, 2.75) is 115 Å². The third kappa shape index (κ3) is 9.21. The van der Waals surface area contributed by atoms with Crippen molar-refractivity contribution in [3.8, 4) is 0 Å². The minimum absolute atomic E-state index is 0.0572. The van der Waals surface area contributed by atoms with Gasteiger partial charge in [-0.25, -0.2) is 9.36 Å². The number of hydrogen-bond acceptors (Lipinski definition) is 5. The second-order valence-electron chi connectivity index (χ2n) is 8.09. The van der Waals surface area contributed by atoms with Gasteiger partial charge in [-0.1, -0.05) is 64.4 Å². The zero-order chi connectivity index (χ0) is 20.2. The Bertz CT molecular complexity index is 448. The van der Waals surface area contributed by atoms with E-state index < -0.39 is 13.8 Å². The molecule has 0 aliphatic heterocycles. The first-order valence-electron chi connectivity index (χ1n) is 11.0. The van der Waals surface area contributed by atoms with Crippen LogP contribution in [-0.4, -0.2) is 29.4 Å². The number of phosphoric ester groups is 1. The molecule has 28 heavy (non-hydrogen) atoms. The molecule has 0 spiro atoms. The summed E-state index contributed by atoms with van der Waals surface area (Å²) < 4.78 is 31.3. The van der Waals surface area contributed by atoms with Crippen LogP contribution in [0.15, 0.2) is 12.7 Å². The second kappa shape index (κ2) is 12.8. The Morgan fingerprint density at radius 3 is 1.18 bits per heavy atom. The Morgan fingerprint density at radius 1 is 0.714 bits per heavy atom. The molecule has 3 rings (SSSR count). The maximum atomic E-state index is 13.4. The Kier molecular flexibility index (Phi) is 10.8. The summed E-state index contributed by atoms with van der Waals surface area (Å²) in [5.41, 5.74) is 0. The fourth-order valence-corrected chi connectivity index (χ4v) is 6.01. The van der Waals surface area contributed by atoms with Gasteiger partial charge in [-0.05, 0) is 38.5 Å². The third-order valence-corrected chi connectivity index (χ3v) is 7.33. The Morgan fingerprint density at radius 2 is 0.964 bits per heavy atom. The molecule has 0 amide bonds. The maximum absolute atomic E-state index is 13.4. The van der Waals surface area contributed by atoms with Crippen LogP contribution < -0.4 is 0 Å². The van der Waals surface area contributed by atoms with E-state index >= 15 is 0 Å². The van der Waals surface area contributed by atoms with Crippen molar-refractivity contribution in [3.05, 3.63) is 12.7 Å². The predicted molar refractivity (Wildman–Crippen MR) is 109 cm³/mol. The molecule has 7 heteroatoms. The van der Waals surface area contributed by atoms with Crippen LogP contribution in [0.2, 0.25) is 0 Å². The molecule has 0 aromatic heterocycles. The smallest absolute Gasteiger partial charge is 0.475 e. The lowest BCUT2D eigenvalue weighted by Gasteiger charge is -2.33. The zero-order valence-electron chi connectivity index (χ0n) is 17.1. The molecule has 3 aliphatic rings. The SMILES string of the molecule is C=CC(=O)O.O=P(OC1CCCCC1)(OC1CCCCC1)OC1CCCCC1. The van der Waals surface area contributed by atoms with E-state index in [1.807, 2.05) is 0 Å². The first kappa shape index (κ1) is 23.6. The number of aliphatic carboxylic acids is 1. The van der Waals surface area contributed by atoms with Gasteiger partial charge >= 0.3 is 13.8 Å². The highest BCUT2D eigenvalue weighted by Gasteiger charge is 2.37. The molecule has 3 aliphatic carbocycles. The maximum Gasteiger partial charge on any atom is 0.475 e. The third-order valence-electron chi connectivity index (χ3n) is 5.67. The number of hydrogen-bond donors (Lipinski definition) is 1. The van der Waals surface area contributed by atoms with Crippen LogP contribution in [-0.2, 0) is 22.9 Å². The second-order valence-corrected chi connectivity index (χ2v) is 9.61. The monoisotopic (exact) mass is 416 g/mol. The van der Waals surface area contributed by atoms with Gasteiger partial charge in [0.15, 0.2) is 0 Å².